The first kappa shape index (κ1) is 12.1. The van der Waals surface area contributed by atoms with E-state index in [0.717, 1.165) is 44.4 Å². The van der Waals surface area contributed by atoms with Crippen LogP contribution in [0.1, 0.15) is 25.2 Å². The van der Waals surface area contributed by atoms with Crippen molar-refractivity contribution in [1.29, 1.82) is 0 Å². The van der Waals surface area contributed by atoms with Gasteiger partial charge < -0.3 is 10.2 Å². The Kier molecular flexibility index (Phi) is 3.41. The number of hydrogen-bond donors (Lipinski definition) is 2. The molecule has 1 unspecified atom stereocenters. The molecule has 1 aliphatic rings. The average Bonchev–Trinajstić information content (AvgIpc) is 3.05. The smallest absolute Gasteiger partial charge is 0.244 e. The number of anilines is 1. The fourth-order valence-corrected chi connectivity index (χ4v) is 2.18. The first-order chi connectivity index (χ1) is 9.34. The fourth-order valence-electron chi connectivity index (χ4n) is 2.18. The molecule has 2 aromatic heterocycles. The molecule has 0 aliphatic carbocycles. The van der Waals surface area contributed by atoms with Crippen LogP contribution in [0.4, 0.5) is 5.95 Å². The summed E-state index contributed by atoms with van der Waals surface area (Å²) >= 11 is 0. The van der Waals surface area contributed by atoms with E-state index in [1.54, 1.807) is 11.0 Å². The molecule has 1 fully saturated rings. The van der Waals surface area contributed by atoms with Gasteiger partial charge >= 0.3 is 0 Å². The van der Waals surface area contributed by atoms with Crippen molar-refractivity contribution in [2.24, 2.45) is 0 Å². The monoisotopic (exact) mass is 262 g/mol. The van der Waals surface area contributed by atoms with Crippen molar-refractivity contribution in [2.45, 2.75) is 19.4 Å². The number of aromatic nitrogens is 6. The summed E-state index contributed by atoms with van der Waals surface area (Å²) in [6.07, 6.45) is 4.32. The van der Waals surface area contributed by atoms with Gasteiger partial charge in [0.15, 0.2) is 5.82 Å². The van der Waals surface area contributed by atoms with E-state index in [9.17, 15) is 0 Å². The maximum Gasteiger partial charge on any atom is 0.244 e. The summed E-state index contributed by atoms with van der Waals surface area (Å²) in [5.41, 5.74) is 0. The Morgan fingerprint density at radius 1 is 1.32 bits per heavy atom. The van der Waals surface area contributed by atoms with Crippen LogP contribution < -0.4 is 10.2 Å². The molecule has 1 saturated heterocycles. The Labute approximate surface area is 111 Å². The second-order valence-corrected chi connectivity index (χ2v) is 4.66. The standard InChI is InChI=1S/C11H18N8/c1-9(19-8-13-7-14-19)10-15-11(17-16-10)18-5-2-3-12-4-6-18/h7-9,12H,2-6H2,1H3,(H,15,16,17). The molecule has 2 aromatic rings. The Bertz CT molecular complexity index is 497. The van der Waals surface area contributed by atoms with E-state index in [1.165, 1.54) is 6.33 Å². The molecule has 0 amide bonds. The van der Waals surface area contributed by atoms with Crippen LogP contribution in [0.2, 0.25) is 0 Å². The van der Waals surface area contributed by atoms with Crippen LogP contribution in [0.3, 0.4) is 0 Å². The zero-order chi connectivity index (χ0) is 13.1. The van der Waals surface area contributed by atoms with Gasteiger partial charge in [0.2, 0.25) is 5.95 Å². The summed E-state index contributed by atoms with van der Waals surface area (Å²) < 4.78 is 1.76. The lowest BCUT2D eigenvalue weighted by atomic mass is 10.3. The summed E-state index contributed by atoms with van der Waals surface area (Å²) in [5, 5.41) is 14.8. The lowest BCUT2D eigenvalue weighted by Gasteiger charge is -2.17. The fraction of sp³-hybridized carbons (Fsp3) is 0.636. The van der Waals surface area contributed by atoms with Gasteiger partial charge in [0, 0.05) is 19.6 Å². The van der Waals surface area contributed by atoms with E-state index >= 15 is 0 Å². The number of rotatable bonds is 3. The van der Waals surface area contributed by atoms with Crippen molar-refractivity contribution < 1.29 is 0 Å². The number of hydrogen-bond acceptors (Lipinski definition) is 6. The molecule has 8 nitrogen and oxygen atoms in total. The molecular weight excluding hydrogens is 244 g/mol. The van der Waals surface area contributed by atoms with Gasteiger partial charge in [0.05, 0.1) is 0 Å². The van der Waals surface area contributed by atoms with Crippen LogP contribution in [0.15, 0.2) is 12.7 Å². The van der Waals surface area contributed by atoms with E-state index in [4.69, 9.17) is 0 Å². The zero-order valence-corrected chi connectivity index (χ0v) is 11.0. The van der Waals surface area contributed by atoms with Gasteiger partial charge in [-0.25, -0.2) is 9.67 Å². The Morgan fingerprint density at radius 2 is 2.26 bits per heavy atom. The average molecular weight is 262 g/mol. The Hall–Kier alpha value is -1.96. The third-order valence-corrected chi connectivity index (χ3v) is 3.34. The van der Waals surface area contributed by atoms with Gasteiger partial charge in [-0.2, -0.15) is 10.1 Å². The summed E-state index contributed by atoms with van der Waals surface area (Å²) in [5.74, 6) is 1.57. The van der Waals surface area contributed by atoms with E-state index in [0.29, 0.717) is 0 Å². The molecule has 3 rings (SSSR count). The minimum Gasteiger partial charge on any atom is -0.338 e. The molecule has 0 aromatic carbocycles. The Balaban J connectivity index is 1.75. The van der Waals surface area contributed by atoms with Gasteiger partial charge in [-0.05, 0) is 19.9 Å². The number of H-pyrrole nitrogens is 1. The highest BCUT2D eigenvalue weighted by Gasteiger charge is 2.17. The maximum absolute atomic E-state index is 4.57. The van der Waals surface area contributed by atoms with Gasteiger partial charge in [0.25, 0.3) is 0 Å². The third kappa shape index (κ3) is 2.58. The van der Waals surface area contributed by atoms with E-state index in [-0.39, 0.29) is 6.04 Å². The molecular formula is C11H18N8. The van der Waals surface area contributed by atoms with Crippen LogP contribution in [0, 0.1) is 0 Å². The van der Waals surface area contributed by atoms with Crippen LogP contribution in [0.5, 0.6) is 0 Å². The van der Waals surface area contributed by atoms with Crippen LogP contribution in [-0.4, -0.2) is 56.1 Å². The van der Waals surface area contributed by atoms with E-state index in [1.807, 2.05) is 6.92 Å². The number of aromatic amines is 1. The first-order valence-corrected chi connectivity index (χ1v) is 6.56. The van der Waals surface area contributed by atoms with Crippen LogP contribution in [0.25, 0.3) is 0 Å². The number of nitrogens with one attached hydrogen (secondary N) is 2. The minimum atomic E-state index is 0.00820. The zero-order valence-electron chi connectivity index (χ0n) is 11.0. The van der Waals surface area contributed by atoms with Crippen molar-refractivity contribution in [3.8, 4) is 0 Å². The van der Waals surface area contributed by atoms with Crippen LogP contribution >= 0.6 is 0 Å². The van der Waals surface area contributed by atoms with E-state index < -0.39 is 0 Å². The molecule has 102 valence electrons. The molecule has 0 spiro atoms. The highest BCUT2D eigenvalue weighted by molar-refractivity contribution is 5.29. The van der Waals surface area contributed by atoms with E-state index in [2.05, 4.69) is 35.5 Å². The molecule has 8 heteroatoms. The predicted octanol–water partition coefficient (Wildman–Crippen LogP) is -0.195. The lowest BCUT2D eigenvalue weighted by molar-refractivity contribution is 0.536. The molecule has 0 radical (unpaired) electrons. The van der Waals surface area contributed by atoms with Crippen molar-refractivity contribution in [3.63, 3.8) is 0 Å². The molecule has 0 saturated carbocycles. The Morgan fingerprint density at radius 3 is 3.11 bits per heavy atom. The summed E-state index contributed by atoms with van der Waals surface area (Å²) in [6.45, 7) is 5.98. The third-order valence-electron chi connectivity index (χ3n) is 3.34. The van der Waals surface area contributed by atoms with Crippen LogP contribution in [-0.2, 0) is 0 Å². The quantitative estimate of drug-likeness (QED) is 0.797. The first-order valence-electron chi connectivity index (χ1n) is 6.56. The molecule has 19 heavy (non-hydrogen) atoms. The van der Waals surface area contributed by atoms with Gasteiger partial charge in [-0.15, -0.1) is 5.10 Å². The maximum atomic E-state index is 4.57. The normalized spacial score (nSPS) is 18.3. The highest BCUT2D eigenvalue weighted by Crippen LogP contribution is 2.15. The van der Waals surface area contributed by atoms with Crippen molar-refractivity contribution >= 4 is 5.95 Å². The van der Waals surface area contributed by atoms with Crippen molar-refractivity contribution in [1.82, 2.24) is 35.3 Å². The predicted molar refractivity (Wildman–Crippen MR) is 69.9 cm³/mol. The molecule has 2 N–H and O–H groups in total. The summed E-state index contributed by atoms with van der Waals surface area (Å²) in [7, 11) is 0. The highest BCUT2D eigenvalue weighted by atomic mass is 15.4. The second kappa shape index (κ2) is 5.35. The summed E-state index contributed by atoms with van der Waals surface area (Å²) in [4.78, 5) is 10.7. The summed E-state index contributed by atoms with van der Waals surface area (Å²) in [6, 6.07) is 0.00820. The van der Waals surface area contributed by atoms with Gasteiger partial charge in [-0.3, -0.25) is 5.10 Å². The lowest BCUT2D eigenvalue weighted by Crippen LogP contribution is -2.28. The molecule has 1 aliphatic heterocycles. The second-order valence-electron chi connectivity index (χ2n) is 4.66. The van der Waals surface area contributed by atoms with Gasteiger partial charge in [-0.1, -0.05) is 0 Å². The SMILES string of the molecule is CC(c1nc(N2CCCNCC2)n[nH]1)n1cncn1. The van der Waals surface area contributed by atoms with Gasteiger partial charge in [0.1, 0.15) is 18.7 Å². The molecule has 3 heterocycles. The van der Waals surface area contributed by atoms with Crippen molar-refractivity contribution in [3.05, 3.63) is 18.5 Å². The topological polar surface area (TPSA) is 87.5 Å². The van der Waals surface area contributed by atoms with Crippen molar-refractivity contribution in [2.75, 3.05) is 31.1 Å². The largest absolute Gasteiger partial charge is 0.338 e. The molecule has 1 atom stereocenters. The number of nitrogens with zero attached hydrogens (tertiary/aromatic N) is 6. The minimum absolute atomic E-state index is 0.00820. The molecule has 0 bridgehead atoms.